The van der Waals surface area contributed by atoms with Crippen molar-refractivity contribution in [2.75, 3.05) is 13.2 Å². The standard InChI is InChI=1S/C10H21BrO.C5H10O/c1-2-3-4-5-6-7-8-9-10(11)12;1-2-4-6-5-3-1/h10,12H,2-9H2,1H3;1-5H2. The van der Waals surface area contributed by atoms with Crippen LogP contribution in [0.1, 0.15) is 77.6 Å². The number of hydrogen-bond acceptors (Lipinski definition) is 2. The van der Waals surface area contributed by atoms with Crippen LogP contribution in [0.4, 0.5) is 0 Å². The molecule has 0 aliphatic carbocycles. The second-order valence-electron chi connectivity index (χ2n) is 5.02. The van der Waals surface area contributed by atoms with Gasteiger partial charge in [-0.1, -0.05) is 61.4 Å². The summed E-state index contributed by atoms with van der Waals surface area (Å²) in [5.41, 5.74) is 0. The van der Waals surface area contributed by atoms with E-state index in [1.165, 1.54) is 57.8 Å². The summed E-state index contributed by atoms with van der Waals surface area (Å²) in [7, 11) is 0. The molecular formula is C15H31BrO2. The van der Waals surface area contributed by atoms with Crippen molar-refractivity contribution in [2.24, 2.45) is 0 Å². The lowest BCUT2D eigenvalue weighted by molar-refractivity contribution is 0.0968. The monoisotopic (exact) mass is 322 g/mol. The summed E-state index contributed by atoms with van der Waals surface area (Å²) < 4.78 is 5.07. The summed E-state index contributed by atoms with van der Waals surface area (Å²) in [6, 6.07) is 0. The van der Waals surface area contributed by atoms with Crippen LogP contribution in [0.15, 0.2) is 0 Å². The van der Waals surface area contributed by atoms with E-state index in [0.717, 1.165) is 26.1 Å². The third-order valence-corrected chi connectivity index (χ3v) is 3.58. The van der Waals surface area contributed by atoms with Crippen molar-refractivity contribution in [1.29, 1.82) is 0 Å². The van der Waals surface area contributed by atoms with Crippen molar-refractivity contribution in [2.45, 2.75) is 82.6 Å². The molecule has 0 spiro atoms. The summed E-state index contributed by atoms with van der Waals surface area (Å²) in [4.78, 5) is 0. The fourth-order valence-electron chi connectivity index (χ4n) is 1.96. The highest BCUT2D eigenvalue weighted by Gasteiger charge is 1.96. The normalized spacial score (nSPS) is 16.8. The highest BCUT2D eigenvalue weighted by molar-refractivity contribution is 9.09. The average Bonchev–Trinajstić information content (AvgIpc) is 2.40. The molecule has 110 valence electrons. The Morgan fingerprint density at radius 3 is 1.89 bits per heavy atom. The minimum Gasteiger partial charge on any atom is -0.382 e. The number of unbranched alkanes of at least 4 members (excludes halogenated alkanes) is 6. The molecule has 0 aromatic rings. The molecule has 1 N–H and O–H groups in total. The Hall–Kier alpha value is 0.400. The highest BCUT2D eigenvalue weighted by Crippen LogP contribution is 2.11. The van der Waals surface area contributed by atoms with E-state index in [0.29, 0.717) is 0 Å². The van der Waals surface area contributed by atoms with Crippen LogP contribution >= 0.6 is 15.9 Å². The number of aliphatic hydroxyl groups excluding tert-OH is 1. The van der Waals surface area contributed by atoms with E-state index in [-0.39, 0.29) is 5.01 Å². The van der Waals surface area contributed by atoms with Gasteiger partial charge in [-0.25, -0.2) is 0 Å². The van der Waals surface area contributed by atoms with E-state index >= 15 is 0 Å². The third kappa shape index (κ3) is 16.4. The third-order valence-electron chi connectivity index (χ3n) is 3.12. The smallest absolute Gasteiger partial charge is 0.109 e. The van der Waals surface area contributed by atoms with Gasteiger partial charge >= 0.3 is 0 Å². The van der Waals surface area contributed by atoms with Crippen LogP contribution in [0, 0.1) is 0 Å². The number of aliphatic hydroxyl groups is 1. The van der Waals surface area contributed by atoms with Crippen LogP contribution in [0.3, 0.4) is 0 Å². The molecule has 1 heterocycles. The number of alkyl halides is 1. The SMILES string of the molecule is C1CCOCC1.CCCCCCCCCC(O)Br. The largest absolute Gasteiger partial charge is 0.382 e. The van der Waals surface area contributed by atoms with Crippen molar-refractivity contribution < 1.29 is 9.84 Å². The van der Waals surface area contributed by atoms with E-state index in [1.807, 2.05) is 0 Å². The molecule has 1 fully saturated rings. The predicted molar refractivity (Wildman–Crippen MR) is 82.2 cm³/mol. The minimum absolute atomic E-state index is 0.284. The van der Waals surface area contributed by atoms with Gasteiger partial charge < -0.3 is 9.84 Å². The van der Waals surface area contributed by atoms with Crippen molar-refractivity contribution in [3.63, 3.8) is 0 Å². The predicted octanol–water partition coefficient (Wildman–Crippen LogP) is 5.03. The van der Waals surface area contributed by atoms with E-state index in [4.69, 9.17) is 9.84 Å². The van der Waals surface area contributed by atoms with Crippen molar-refractivity contribution in [3.05, 3.63) is 0 Å². The molecule has 1 rings (SSSR count). The van der Waals surface area contributed by atoms with E-state index in [2.05, 4.69) is 22.9 Å². The van der Waals surface area contributed by atoms with Gasteiger partial charge in [0.2, 0.25) is 0 Å². The maximum absolute atomic E-state index is 8.91. The van der Waals surface area contributed by atoms with Gasteiger partial charge in [-0.2, -0.15) is 0 Å². The zero-order chi connectivity index (χ0) is 13.5. The molecule has 0 amide bonds. The average molecular weight is 323 g/mol. The Morgan fingerprint density at radius 2 is 1.50 bits per heavy atom. The van der Waals surface area contributed by atoms with Crippen LogP contribution in [0.2, 0.25) is 0 Å². The molecule has 1 saturated heterocycles. The first-order valence-corrected chi connectivity index (χ1v) is 8.58. The number of halogens is 1. The van der Waals surface area contributed by atoms with Gasteiger partial charge in [0.25, 0.3) is 0 Å². The lowest BCUT2D eigenvalue weighted by Crippen LogP contribution is -2.03. The fourth-order valence-corrected chi connectivity index (χ4v) is 2.28. The Bertz CT molecular complexity index is 136. The number of rotatable bonds is 8. The first-order valence-electron chi connectivity index (χ1n) is 7.67. The van der Waals surface area contributed by atoms with Crippen LogP contribution in [0.5, 0.6) is 0 Å². The topological polar surface area (TPSA) is 29.5 Å². The molecule has 0 saturated carbocycles. The van der Waals surface area contributed by atoms with Crippen LogP contribution < -0.4 is 0 Å². The molecule has 0 aromatic carbocycles. The molecule has 2 nitrogen and oxygen atoms in total. The molecule has 1 unspecified atom stereocenters. The Kier molecular flexibility index (Phi) is 15.8. The molecule has 1 aliphatic rings. The first-order chi connectivity index (χ1) is 8.77. The maximum Gasteiger partial charge on any atom is 0.109 e. The quantitative estimate of drug-likeness (QED) is 0.501. The summed E-state index contributed by atoms with van der Waals surface area (Å²) in [6.45, 7) is 4.24. The molecule has 1 aliphatic heterocycles. The maximum atomic E-state index is 8.91. The van der Waals surface area contributed by atoms with Gasteiger partial charge in [-0.05, 0) is 32.1 Å². The van der Waals surface area contributed by atoms with Crippen molar-refractivity contribution >= 4 is 15.9 Å². The Balaban J connectivity index is 0.000000397. The molecule has 0 bridgehead atoms. The van der Waals surface area contributed by atoms with Gasteiger partial charge in [0.05, 0.1) is 0 Å². The number of hydrogen-bond donors (Lipinski definition) is 1. The zero-order valence-electron chi connectivity index (χ0n) is 12.0. The summed E-state index contributed by atoms with van der Waals surface area (Å²) in [5.74, 6) is 0. The lowest BCUT2D eigenvalue weighted by atomic mass is 10.1. The van der Waals surface area contributed by atoms with E-state index < -0.39 is 0 Å². The minimum atomic E-state index is -0.284. The van der Waals surface area contributed by atoms with Gasteiger partial charge in [0.15, 0.2) is 0 Å². The zero-order valence-corrected chi connectivity index (χ0v) is 13.6. The van der Waals surface area contributed by atoms with Gasteiger partial charge in [0.1, 0.15) is 5.01 Å². The lowest BCUT2D eigenvalue weighted by Gasteiger charge is -2.08. The molecule has 18 heavy (non-hydrogen) atoms. The second-order valence-corrected chi connectivity index (χ2v) is 6.07. The van der Waals surface area contributed by atoms with Gasteiger partial charge in [0, 0.05) is 13.2 Å². The fraction of sp³-hybridized carbons (Fsp3) is 1.00. The Morgan fingerprint density at radius 1 is 0.944 bits per heavy atom. The van der Waals surface area contributed by atoms with E-state index in [1.54, 1.807) is 0 Å². The van der Waals surface area contributed by atoms with Crippen molar-refractivity contribution in [1.82, 2.24) is 0 Å². The molecular weight excluding hydrogens is 292 g/mol. The molecule has 3 heteroatoms. The first kappa shape index (κ1) is 18.4. The summed E-state index contributed by atoms with van der Waals surface area (Å²) in [5, 5.41) is 8.63. The highest BCUT2D eigenvalue weighted by atomic mass is 79.9. The summed E-state index contributed by atoms with van der Waals surface area (Å²) >= 11 is 3.12. The molecule has 1 atom stereocenters. The Labute approximate surface area is 122 Å². The van der Waals surface area contributed by atoms with Crippen molar-refractivity contribution in [3.8, 4) is 0 Å². The van der Waals surface area contributed by atoms with Gasteiger partial charge in [-0.3, -0.25) is 0 Å². The summed E-state index contributed by atoms with van der Waals surface area (Å²) in [6.07, 6.45) is 14.0. The molecule has 0 aromatic heterocycles. The van der Waals surface area contributed by atoms with E-state index in [9.17, 15) is 0 Å². The second kappa shape index (κ2) is 15.5. The van der Waals surface area contributed by atoms with Crippen LogP contribution in [0.25, 0.3) is 0 Å². The van der Waals surface area contributed by atoms with Gasteiger partial charge in [-0.15, -0.1) is 0 Å². The van der Waals surface area contributed by atoms with Crippen LogP contribution in [-0.2, 0) is 4.74 Å². The molecule has 0 radical (unpaired) electrons. The number of ether oxygens (including phenoxy) is 1. The van der Waals surface area contributed by atoms with Crippen LogP contribution in [-0.4, -0.2) is 23.3 Å².